The molecule has 0 atom stereocenters. The molecule has 0 radical (unpaired) electrons. The second-order valence-electron chi connectivity index (χ2n) is 3.22. The van der Waals surface area contributed by atoms with Gasteiger partial charge in [0.2, 0.25) is 5.88 Å². The van der Waals surface area contributed by atoms with Gasteiger partial charge in [-0.3, -0.25) is 0 Å². The molecule has 0 aliphatic rings. The van der Waals surface area contributed by atoms with Crippen molar-refractivity contribution in [3.05, 3.63) is 22.9 Å². The molecule has 1 aromatic heterocycles. The Balaban J connectivity index is 3.07. The minimum Gasteiger partial charge on any atom is -0.477 e. The van der Waals surface area contributed by atoms with Crippen LogP contribution < -0.4 is 4.74 Å². The summed E-state index contributed by atoms with van der Waals surface area (Å²) in [5.74, 6) is 0.465. The first kappa shape index (κ1) is 10.5. The van der Waals surface area contributed by atoms with Crippen LogP contribution in [0.4, 0.5) is 0 Å². The summed E-state index contributed by atoms with van der Waals surface area (Å²) in [4.78, 5) is 4.20. The summed E-state index contributed by atoms with van der Waals surface area (Å²) >= 11 is 0. The maximum absolute atomic E-state index is 8.92. The summed E-state index contributed by atoms with van der Waals surface area (Å²) in [6, 6.07) is 4.00. The predicted octanol–water partition coefficient (Wildman–Crippen LogP) is 2.36. The molecule has 0 aromatic carbocycles. The zero-order valence-electron chi connectivity index (χ0n) is 8.79. The van der Waals surface area contributed by atoms with E-state index in [0.29, 0.717) is 18.1 Å². The van der Waals surface area contributed by atoms with E-state index < -0.39 is 0 Å². The maximum atomic E-state index is 8.92. The fraction of sp³-hybridized carbons (Fsp3) is 0.455. The summed E-state index contributed by atoms with van der Waals surface area (Å²) < 4.78 is 5.41. The van der Waals surface area contributed by atoms with E-state index >= 15 is 0 Å². The largest absolute Gasteiger partial charge is 0.477 e. The summed E-state index contributed by atoms with van der Waals surface area (Å²) in [6.07, 6.45) is 0.916. The van der Waals surface area contributed by atoms with Gasteiger partial charge in [0, 0.05) is 5.69 Å². The Morgan fingerprint density at radius 1 is 1.50 bits per heavy atom. The molecular formula is C11H14N2O. The number of aryl methyl sites for hydroxylation is 2. The lowest BCUT2D eigenvalue weighted by atomic mass is 10.1. The SMILES string of the molecule is CCCOc1nc(C)cc(C)c1C#N. The van der Waals surface area contributed by atoms with Gasteiger partial charge in [-0.05, 0) is 31.9 Å². The average Bonchev–Trinajstić information content (AvgIpc) is 2.14. The van der Waals surface area contributed by atoms with Gasteiger partial charge in [-0.15, -0.1) is 0 Å². The second-order valence-corrected chi connectivity index (χ2v) is 3.22. The van der Waals surface area contributed by atoms with Crippen LogP contribution in [-0.4, -0.2) is 11.6 Å². The Bertz CT molecular complexity index is 366. The highest BCUT2D eigenvalue weighted by molar-refractivity contribution is 5.45. The van der Waals surface area contributed by atoms with E-state index in [1.807, 2.05) is 26.8 Å². The minimum absolute atomic E-state index is 0.465. The molecule has 0 saturated carbocycles. The molecule has 0 unspecified atom stereocenters. The van der Waals surface area contributed by atoms with Gasteiger partial charge >= 0.3 is 0 Å². The Hall–Kier alpha value is -1.56. The lowest BCUT2D eigenvalue weighted by Gasteiger charge is -2.08. The molecule has 0 aliphatic carbocycles. The maximum Gasteiger partial charge on any atom is 0.232 e. The van der Waals surface area contributed by atoms with E-state index in [9.17, 15) is 0 Å². The summed E-state index contributed by atoms with van der Waals surface area (Å²) in [6.45, 7) is 6.41. The van der Waals surface area contributed by atoms with Crippen molar-refractivity contribution in [2.45, 2.75) is 27.2 Å². The molecular weight excluding hydrogens is 176 g/mol. The monoisotopic (exact) mass is 190 g/mol. The third kappa shape index (κ3) is 2.23. The molecule has 0 bridgehead atoms. The molecule has 1 aromatic rings. The lowest BCUT2D eigenvalue weighted by molar-refractivity contribution is 0.303. The zero-order chi connectivity index (χ0) is 10.6. The summed E-state index contributed by atoms with van der Waals surface area (Å²) in [7, 11) is 0. The highest BCUT2D eigenvalue weighted by Crippen LogP contribution is 2.19. The zero-order valence-corrected chi connectivity index (χ0v) is 8.79. The van der Waals surface area contributed by atoms with Crippen LogP contribution in [0.15, 0.2) is 6.07 Å². The van der Waals surface area contributed by atoms with Crippen molar-refractivity contribution in [3.8, 4) is 11.9 Å². The highest BCUT2D eigenvalue weighted by Gasteiger charge is 2.08. The molecule has 0 saturated heterocycles. The third-order valence-corrected chi connectivity index (χ3v) is 1.87. The first-order valence-electron chi connectivity index (χ1n) is 4.70. The van der Waals surface area contributed by atoms with Crippen LogP contribution in [0.2, 0.25) is 0 Å². The average molecular weight is 190 g/mol. The fourth-order valence-electron chi connectivity index (χ4n) is 1.24. The van der Waals surface area contributed by atoms with Crippen molar-refractivity contribution >= 4 is 0 Å². The van der Waals surface area contributed by atoms with Crippen LogP contribution >= 0.6 is 0 Å². The van der Waals surface area contributed by atoms with Gasteiger partial charge in [0.15, 0.2) is 0 Å². The van der Waals surface area contributed by atoms with Gasteiger partial charge in [0.25, 0.3) is 0 Å². The highest BCUT2D eigenvalue weighted by atomic mass is 16.5. The molecule has 0 aliphatic heterocycles. The van der Waals surface area contributed by atoms with Gasteiger partial charge in [-0.1, -0.05) is 6.92 Å². The van der Waals surface area contributed by atoms with Gasteiger partial charge in [0.1, 0.15) is 11.6 Å². The molecule has 0 spiro atoms. The van der Waals surface area contributed by atoms with E-state index in [-0.39, 0.29) is 0 Å². The second kappa shape index (κ2) is 4.61. The van der Waals surface area contributed by atoms with Crippen LogP contribution in [-0.2, 0) is 0 Å². The van der Waals surface area contributed by atoms with E-state index in [4.69, 9.17) is 10.00 Å². The standard InChI is InChI=1S/C11H14N2O/c1-4-5-14-11-10(7-12)8(2)6-9(3)13-11/h6H,4-5H2,1-3H3. The molecule has 0 fully saturated rings. The van der Waals surface area contributed by atoms with Crippen molar-refractivity contribution < 1.29 is 4.74 Å². The van der Waals surface area contributed by atoms with E-state index in [1.165, 1.54) is 0 Å². The van der Waals surface area contributed by atoms with Crippen LogP contribution in [0.25, 0.3) is 0 Å². The first-order valence-corrected chi connectivity index (χ1v) is 4.70. The van der Waals surface area contributed by atoms with Crippen molar-refractivity contribution in [3.63, 3.8) is 0 Å². The molecule has 0 N–H and O–H groups in total. The third-order valence-electron chi connectivity index (χ3n) is 1.87. The normalized spacial score (nSPS) is 9.57. The van der Waals surface area contributed by atoms with E-state index in [0.717, 1.165) is 17.7 Å². The van der Waals surface area contributed by atoms with Crippen molar-refractivity contribution in [1.29, 1.82) is 5.26 Å². The van der Waals surface area contributed by atoms with Crippen LogP contribution in [0.1, 0.15) is 30.2 Å². The Morgan fingerprint density at radius 3 is 2.79 bits per heavy atom. The number of ether oxygens (including phenoxy) is 1. The van der Waals surface area contributed by atoms with Gasteiger partial charge in [0.05, 0.1) is 6.61 Å². The minimum atomic E-state index is 0.465. The number of pyridine rings is 1. The fourth-order valence-corrected chi connectivity index (χ4v) is 1.24. The Labute approximate surface area is 84.3 Å². The van der Waals surface area contributed by atoms with Gasteiger partial charge in [-0.25, -0.2) is 4.98 Å². The smallest absolute Gasteiger partial charge is 0.232 e. The van der Waals surface area contributed by atoms with E-state index in [2.05, 4.69) is 11.1 Å². The predicted molar refractivity (Wildman–Crippen MR) is 54.2 cm³/mol. The van der Waals surface area contributed by atoms with Gasteiger partial charge < -0.3 is 4.74 Å². The van der Waals surface area contributed by atoms with Crippen LogP contribution in [0.3, 0.4) is 0 Å². The quantitative estimate of drug-likeness (QED) is 0.735. The number of hydrogen-bond acceptors (Lipinski definition) is 3. The molecule has 0 amide bonds. The van der Waals surface area contributed by atoms with Crippen molar-refractivity contribution in [2.75, 3.05) is 6.61 Å². The van der Waals surface area contributed by atoms with Crippen LogP contribution in [0, 0.1) is 25.2 Å². The first-order chi connectivity index (χ1) is 6.69. The van der Waals surface area contributed by atoms with E-state index in [1.54, 1.807) is 0 Å². The molecule has 74 valence electrons. The molecule has 14 heavy (non-hydrogen) atoms. The molecule has 1 rings (SSSR count). The number of nitrogens with zero attached hydrogens (tertiary/aromatic N) is 2. The number of nitriles is 1. The van der Waals surface area contributed by atoms with Crippen molar-refractivity contribution in [1.82, 2.24) is 4.98 Å². The Kier molecular flexibility index (Phi) is 3.47. The van der Waals surface area contributed by atoms with Crippen LogP contribution in [0.5, 0.6) is 5.88 Å². The summed E-state index contributed by atoms with van der Waals surface area (Å²) in [5, 5.41) is 8.92. The van der Waals surface area contributed by atoms with Gasteiger partial charge in [-0.2, -0.15) is 5.26 Å². The molecule has 3 nitrogen and oxygen atoms in total. The molecule has 1 heterocycles. The molecule has 3 heteroatoms. The topological polar surface area (TPSA) is 45.9 Å². The number of hydrogen-bond donors (Lipinski definition) is 0. The van der Waals surface area contributed by atoms with Crippen molar-refractivity contribution in [2.24, 2.45) is 0 Å². The lowest BCUT2D eigenvalue weighted by Crippen LogP contribution is -2.02. The Morgan fingerprint density at radius 2 is 2.21 bits per heavy atom. The summed E-state index contributed by atoms with van der Waals surface area (Å²) in [5.41, 5.74) is 2.35. The number of rotatable bonds is 3. The number of aromatic nitrogens is 1.